The molecule has 1 heterocycles. The molecule has 0 saturated heterocycles. The molecule has 8 rings (SSSR count). The van der Waals surface area contributed by atoms with E-state index in [1.54, 1.807) is 0 Å². The molecule has 2 saturated carbocycles. The highest BCUT2D eigenvalue weighted by Crippen LogP contribution is 2.66. The van der Waals surface area contributed by atoms with Gasteiger partial charge in [0, 0.05) is 31.8 Å². The van der Waals surface area contributed by atoms with Crippen molar-refractivity contribution in [1.82, 2.24) is 9.88 Å². The highest BCUT2D eigenvalue weighted by Gasteiger charge is 2.57. The number of fused-ring (bicyclic) bond motifs is 6. The van der Waals surface area contributed by atoms with Crippen LogP contribution in [0.2, 0.25) is 0 Å². The Kier molecular flexibility index (Phi) is 9.76. The fourth-order valence-corrected chi connectivity index (χ4v) is 10.8. The van der Waals surface area contributed by atoms with Gasteiger partial charge in [-0.3, -0.25) is 19.4 Å². The van der Waals surface area contributed by atoms with Crippen molar-refractivity contribution in [3.05, 3.63) is 120 Å². The van der Waals surface area contributed by atoms with E-state index in [1.165, 1.54) is 34.5 Å². The van der Waals surface area contributed by atoms with Crippen LogP contribution >= 0.6 is 0 Å². The maximum atomic E-state index is 13.3. The SMILES string of the molecule is C[C@]12CC[C@H](OC(=O)CCC(=O)N(CC(=O)O)Cc3ccc(-c4cccc5ccccc45)cc3)CC1=CC[C@@H]1[C@@H]2CC[C@]2(C)C(c3cccnc3)=CC[C@@H]12. The highest BCUT2D eigenvalue weighted by atomic mass is 16.5. The summed E-state index contributed by atoms with van der Waals surface area (Å²) in [5.74, 6) is 0.0399. The fourth-order valence-electron chi connectivity index (χ4n) is 10.8. The summed E-state index contributed by atoms with van der Waals surface area (Å²) in [5, 5.41) is 11.9. The number of benzene rings is 3. The van der Waals surface area contributed by atoms with Crippen LogP contribution in [0.15, 0.2) is 109 Å². The number of nitrogens with zero attached hydrogens (tertiary/aromatic N) is 2. The van der Waals surface area contributed by atoms with E-state index >= 15 is 0 Å². The van der Waals surface area contributed by atoms with E-state index in [0.717, 1.165) is 59.6 Å². The first-order valence-electron chi connectivity index (χ1n) is 19.7. The quantitative estimate of drug-likeness (QED) is 0.129. The molecule has 7 nitrogen and oxygen atoms in total. The molecule has 0 aliphatic heterocycles. The monoisotopic (exact) mass is 722 g/mol. The number of hydrogen-bond acceptors (Lipinski definition) is 5. The molecule has 7 heteroatoms. The average molecular weight is 723 g/mol. The van der Waals surface area contributed by atoms with Crippen molar-refractivity contribution in [2.75, 3.05) is 6.54 Å². The van der Waals surface area contributed by atoms with E-state index < -0.39 is 18.5 Å². The van der Waals surface area contributed by atoms with E-state index in [0.29, 0.717) is 17.8 Å². The number of aliphatic carboxylic acids is 1. The van der Waals surface area contributed by atoms with Crippen molar-refractivity contribution in [2.24, 2.45) is 28.6 Å². The molecule has 4 aliphatic rings. The van der Waals surface area contributed by atoms with E-state index in [2.05, 4.69) is 61.3 Å². The van der Waals surface area contributed by atoms with E-state index in [1.807, 2.05) is 60.9 Å². The van der Waals surface area contributed by atoms with Crippen LogP contribution in [0.3, 0.4) is 0 Å². The zero-order valence-electron chi connectivity index (χ0n) is 31.4. The Morgan fingerprint density at radius 1 is 0.833 bits per heavy atom. The Labute approximate surface area is 318 Å². The van der Waals surface area contributed by atoms with Gasteiger partial charge in [0.2, 0.25) is 5.91 Å². The van der Waals surface area contributed by atoms with Crippen LogP contribution in [0.25, 0.3) is 27.5 Å². The predicted molar refractivity (Wildman–Crippen MR) is 211 cm³/mol. The lowest BCUT2D eigenvalue weighted by Gasteiger charge is -2.57. The zero-order valence-corrected chi connectivity index (χ0v) is 31.4. The Balaban J connectivity index is 0.861. The number of hydrogen-bond donors (Lipinski definition) is 1. The van der Waals surface area contributed by atoms with Crippen molar-refractivity contribution in [2.45, 2.75) is 84.3 Å². The summed E-state index contributed by atoms with van der Waals surface area (Å²) in [5.41, 5.74) is 7.46. The Morgan fingerprint density at radius 3 is 2.43 bits per heavy atom. The lowest BCUT2D eigenvalue weighted by Crippen LogP contribution is -2.50. The second-order valence-corrected chi connectivity index (χ2v) is 16.5. The normalized spacial score (nSPS) is 27.1. The minimum Gasteiger partial charge on any atom is -0.480 e. The molecule has 6 atom stereocenters. The fraction of sp³-hybridized carbons (Fsp3) is 0.404. The summed E-state index contributed by atoms with van der Waals surface area (Å²) in [6.07, 6.45) is 15.6. The number of amides is 1. The maximum Gasteiger partial charge on any atom is 0.323 e. The molecule has 4 aliphatic carbocycles. The van der Waals surface area contributed by atoms with Crippen LogP contribution in [-0.4, -0.2) is 45.5 Å². The second kappa shape index (κ2) is 14.7. The third-order valence-corrected chi connectivity index (χ3v) is 13.6. The molecule has 0 bridgehead atoms. The molecule has 4 aromatic rings. The minimum atomic E-state index is -1.09. The maximum absolute atomic E-state index is 13.3. The van der Waals surface area contributed by atoms with Gasteiger partial charge in [0.1, 0.15) is 12.6 Å². The van der Waals surface area contributed by atoms with Gasteiger partial charge in [-0.05, 0) is 112 Å². The van der Waals surface area contributed by atoms with E-state index in [-0.39, 0.29) is 42.2 Å². The number of ether oxygens (including phenoxy) is 1. The molecule has 0 radical (unpaired) electrons. The zero-order chi connectivity index (χ0) is 37.5. The minimum absolute atomic E-state index is 0.0704. The number of carboxylic acid groups (broad SMARTS) is 1. The Morgan fingerprint density at radius 2 is 1.63 bits per heavy atom. The van der Waals surface area contributed by atoms with Crippen LogP contribution in [0.1, 0.15) is 82.8 Å². The molecule has 1 amide bonds. The molecule has 3 aromatic carbocycles. The van der Waals surface area contributed by atoms with Crippen LogP contribution in [-0.2, 0) is 25.7 Å². The summed E-state index contributed by atoms with van der Waals surface area (Å²) in [6, 6.07) is 26.6. The Bertz CT molecular complexity index is 2120. The van der Waals surface area contributed by atoms with Crippen molar-refractivity contribution in [1.29, 1.82) is 0 Å². The molecule has 278 valence electrons. The third-order valence-electron chi connectivity index (χ3n) is 13.6. The number of carbonyl (C=O) groups excluding carboxylic acids is 2. The average Bonchev–Trinajstić information content (AvgIpc) is 3.54. The van der Waals surface area contributed by atoms with Gasteiger partial charge in [0.15, 0.2) is 0 Å². The van der Waals surface area contributed by atoms with Crippen LogP contribution in [0.4, 0.5) is 0 Å². The summed E-state index contributed by atoms with van der Waals surface area (Å²) < 4.78 is 6.00. The van der Waals surface area contributed by atoms with Gasteiger partial charge in [-0.15, -0.1) is 0 Å². The van der Waals surface area contributed by atoms with Crippen molar-refractivity contribution in [3.63, 3.8) is 0 Å². The molecule has 54 heavy (non-hydrogen) atoms. The van der Waals surface area contributed by atoms with E-state index in [4.69, 9.17) is 4.74 Å². The second-order valence-electron chi connectivity index (χ2n) is 16.5. The molecular weight excluding hydrogens is 673 g/mol. The number of carboxylic acids is 1. The lowest BCUT2D eigenvalue weighted by atomic mass is 9.47. The number of pyridine rings is 1. The van der Waals surface area contributed by atoms with Crippen molar-refractivity contribution >= 4 is 34.2 Å². The largest absolute Gasteiger partial charge is 0.480 e. The van der Waals surface area contributed by atoms with Crippen LogP contribution < -0.4 is 0 Å². The topological polar surface area (TPSA) is 96.8 Å². The summed E-state index contributed by atoms with van der Waals surface area (Å²) >= 11 is 0. The van der Waals surface area contributed by atoms with Crippen molar-refractivity contribution < 1.29 is 24.2 Å². The van der Waals surface area contributed by atoms with E-state index in [9.17, 15) is 19.5 Å². The first-order valence-corrected chi connectivity index (χ1v) is 19.7. The molecule has 1 aromatic heterocycles. The van der Waals surface area contributed by atoms with Crippen LogP contribution in [0.5, 0.6) is 0 Å². The van der Waals surface area contributed by atoms with Gasteiger partial charge in [-0.2, -0.15) is 0 Å². The Hall–Kier alpha value is -5.04. The van der Waals surface area contributed by atoms with Gasteiger partial charge < -0.3 is 14.7 Å². The molecule has 0 spiro atoms. The van der Waals surface area contributed by atoms with Gasteiger partial charge in [0.05, 0.1) is 6.42 Å². The number of aromatic nitrogens is 1. The standard InChI is InChI=1S/C47H50N2O5/c1-46-24-22-36(27-35(46)16-17-39-41-19-18-40(34-9-6-26-48-28-34)47(41,2)25-23-42(39)46)54-45(53)21-20-43(50)49(30-44(51)52)29-31-12-14-33(15-13-31)38-11-5-8-32-7-3-4-10-37(32)38/h3-16,18,26,28,36,39,41-42H,17,19-25,27,29-30H2,1-2H3,(H,51,52)/t36-,39-,41-,42-,46-,47+/m0/s1. The molecule has 2 fully saturated rings. The summed E-state index contributed by atoms with van der Waals surface area (Å²) in [7, 11) is 0. The highest BCUT2D eigenvalue weighted by molar-refractivity contribution is 5.96. The van der Waals surface area contributed by atoms with Gasteiger partial charge >= 0.3 is 11.9 Å². The van der Waals surface area contributed by atoms with Crippen molar-refractivity contribution in [3.8, 4) is 11.1 Å². The number of carbonyl (C=O) groups is 3. The predicted octanol–water partition coefficient (Wildman–Crippen LogP) is 9.66. The van der Waals surface area contributed by atoms with Crippen LogP contribution in [0, 0.1) is 28.6 Å². The van der Waals surface area contributed by atoms with Gasteiger partial charge in [0.25, 0.3) is 0 Å². The lowest BCUT2D eigenvalue weighted by molar-refractivity contribution is -0.153. The molecule has 1 N–H and O–H groups in total. The third kappa shape index (κ3) is 6.78. The summed E-state index contributed by atoms with van der Waals surface area (Å²) in [4.78, 5) is 43.9. The number of allylic oxidation sites excluding steroid dienone is 3. The smallest absolute Gasteiger partial charge is 0.323 e. The molecular formula is C47H50N2O5. The van der Waals surface area contributed by atoms with Gasteiger partial charge in [-0.1, -0.05) is 104 Å². The summed E-state index contributed by atoms with van der Waals surface area (Å²) in [6.45, 7) is 4.65. The first kappa shape index (κ1) is 36.0. The van der Waals surface area contributed by atoms with Gasteiger partial charge in [-0.25, -0.2) is 0 Å². The first-order chi connectivity index (χ1) is 26.1. The number of rotatable bonds is 10. The molecule has 0 unspecified atom stereocenters. The number of esters is 1.